The topological polar surface area (TPSA) is 146 Å². The van der Waals surface area contributed by atoms with Crippen LogP contribution < -0.4 is 10.6 Å². The molecule has 1 aromatic heterocycles. The zero-order chi connectivity index (χ0) is 26.6. The van der Waals surface area contributed by atoms with Crippen LogP contribution in [0, 0.1) is 0 Å². The standard InChI is InChI=1S/C28H22N4O6/c33-22-11-14(15-3-1-5-19-16(15)9-10-29-19)12-23(34)18(22)13-30-20-6-2-4-17-25(20)28(38)32(27(17)37)21-7-8-24(35)31-26(21)36/h1-6,9-10,13-14,21,29-30H,7-8,11-12H2,(H,31,35,36). The van der Waals surface area contributed by atoms with Crippen LogP contribution in [0.5, 0.6) is 0 Å². The number of amides is 4. The van der Waals surface area contributed by atoms with Gasteiger partial charge in [0.1, 0.15) is 6.04 Å². The number of aromatic nitrogens is 1. The Morgan fingerprint density at radius 3 is 2.42 bits per heavy atom. The highest BCUT2D eigenvalue weighted by Gasteiger charge is 2.45. The van der Waals surface area contributed by atoms with E-state index in [0.717, 1.165) is 21.4 Å². The molecule has 0 bridgehead atoms. The summed E-state index contributed by atoms with van der Waals surface area (Å²) >= 11 is 0. The van der Waals surface area contributed by atoms with E-state index in [1.54, 1.807) is 12.1 Å². The number of piperidine rings is 1. The molecule has 0 spiro atoms. The number of fused-ring (bicyclic) bond motifs is 2. The van der Waals surface area contributed by atoms with Crippen LogP contribution in [-0.4, -0.2) is 51.1 Å². The van der Waals surface area contributed by atoms with Crippen LogP contribution in [0.4, 0.5) is 5.69 Å². The summed E-state index contributed by atoms with van der Waals surface area (Å²) in [6, 6.07) is 11.2. The van der Waals surface area contributed by atoms with Gasteiger partial charge in [0.2, 0.25) is 11.8 Å². The Bertz CT molecular complexity index is 1600. The number of benzene rings is 2. The summed E-state index contributed by atoms with van der Waals surface area (Å²) in [7, 11) is 0. The largest absolute Gasteiger partial charge is 0.361 e. The molecule has 3 heterocycles. The Balaban J connectivity index is 1.24. The van der Waals surface area contributed by atoms with Gasteiger partial charge in [0, 0.05) is 42.6 Å². The number of carbonyl (C=O) groups excluding carboxylic acids is 6. The van der Waals surface area contributed by atoms with E-state index in [1.165, 1.54) is 12.3 Å². The lowest BCUT2D eigenvalue weighted by Gasteiger charge is -2.27. The summed E-state index contributed by atoms with van der Waals surface area (Å²) in [5.41, 5.74) is 2.27. The predicted octanol–water partition coefficient (Wildman–Crippen LogP) is 2.58. The monoisotopic (exact) mass is 510 g/mol. The molecule has 0 radical (unpaired) electrons. The fourth-order valence-electron chi connectivity index (χ4n) is 5.53. The van der Waals surface area contributed by atoms with Crippen molar-refractivity contribution in [3.8, 4) is 0 Å². The molecule has 2 fully saturated rings. The van der Waals surface area contributed by atoms with E-state index in [2.05, 4.69) is 15.6 Å². The van der Waals surface area contributed by atoms with Crippen LogP contribution in [0.15, 0.2) is 60.4 Å². The SMILES string of the molecule is O=C1CCC(N2C(=O)c3cccc(NC=C4C(=O)CC(c5cccc6[nH]ccc56)CC4=O)c3C2=O)C(=O)N1. The second-order valence-electron chi connectivity index (χ2n) is 9.62. The first-order chi connectivity index (χ1) is 18.3. The third-order valence-corrected chi connectivity index (χ3v) is 7.37. The van der Waals surface area contributed by atoms with Crippen LogP contribution in [-0.2, 0) is 19.2 Å². The quantitative estimate of drug-likeness (QED) is 0.278. The van der Waals surface area contributed by atoms with Gasteiger partial charge in [-0.25, -0.2) is 0 Å². The van der Waals surface area contributed by atoms with Crippen LogP contribution in [0.2, 0.25) is 0 Å². The number of nitrogens with one attached hydrogen (secondary N) is 3. The molecule has 3 N–H and O–H groups in total. The second kappa shape index (κ2) is 8.91. The summed E-state index contributed by atoms with van der Waals surface area (Å²) in [6.45, 7) is 0. The van der Waals surface area contributed by atoms with Gasteiger partial charge in [-0.15, -0.1) is 0 Å². The molecule has 6 rings (SSSR count). The predicted molar refractivity (Wildman–Crippen MR) is 135 cm³/mol. The van der Waals surface area contributed by atoms with Crippen LogP contribution >= 0.6 is 0 Å². The molecule has 1 saturated heterocycles. The van der Waals surface area contributed by atoms with Crippen molar-refractivity contribution in [1.29, 1.82) is 0 Å². The number of ketones is 2. The summed E-state index contributed by atoms with van der Waals surface area (Å²) in [6.07, 6.45) is 3.50. The number of hydrogen-bond acceptors (Lipinski definition) is 7. The normalized spacial score (nSPS) is 21.7. The summed E-state index contributed by atoms with van der Waals surface area (Å²) in [5, 5.41) is 6.03. The number of Topliss-reactive ketones (excluding diaryl/α,β-unsaturated/α-hetero) is 2. The highest BCUT2D eigenvalue weighted by molar-refractivity contribution is 6.26. The van der Waals surface area contributed by atoms with Gasteiger partial charge in [-0.05, 0) is 42.2 Å². The lowest BCUT2D eigenvalue weighted by molar-refractivity contribution is -0.136. The smallest absolute Gasteiger partial charge is 0.264 e. The molecule has 1 atom stereocenters. The lowest BCUT2D eigenvalue weighted by atomic mass is 9.79. The van der Waals surface area contributed by atoms with E-state index in [1.807, 2.05) is 30.5 Å². The highest BCUT2D eigenvalue weighted by Crippen LogP contribution is 2.36. The third kappa shape index (κ3) is 3.73. The van der Waals surface area contributed by atoms with Crippen LogP contribution in [0.1, 0.15) is 57.9 Å². The van der Waals surface area contributed by atoms with Crippen molar-refractivity contribution in [2.24, 2.45) is 0 Å². The van der Waals surface area contributed by atoms with E-state index in [0.29, 0.717) is 0 Å². The number of aromatic amines is 1. The maximum absolute atomic E-state index is 13.3. The first-order valence-corrected chi connectivity index (χ1v) is 12.3. The molecule has 1 aliphatic carbocycles. The van der Waals surface area contributed by atoms with Crippen LogP contribution in [0.3, 0.4) is 0 Å². The van der Waals surface area contributed by atoms with E-state index >= 15 is 0 Å². The van der Waals surface area contributed by atoms with Crippen molar-refractivity contribution >= 4 is 51.8 Å². The van der Waals surface area contributed by atoms with Gasteiger partial charge >= 0.3 is 0 Å². The Morgan fingerprint density at radius 2 is 1.66 bits per heavy atom. The van der Waals surface area contributed by atoms with Gasteiger partial charge in [-0.2, -0.15) is 0 Å². The molecule has 1 unspecified atom stereocenters. The number of H-pyrrole nitrogens is 1. The molecule has 1 saturated carbocycles. The minimum atomic E-state index is -1.09. The molecule has 38 heavy (non-hydrogen) atoms. The summed E-state index contributed by atoms with van der Waals surface area (Å²) in [4.78, 5) is 80.2. The first-order valence-electron chi connectivity index (χ1n) is 12.3. The number of carbonyl (C=O) groups is 6. The van der Waals surface area contributed by atoms with Gasteiger partial charge in [0.25, 0.3) is 11.8 Å². The van der Waals surface area contributed by atoms with Crippen molar-refractivity contribution in [3.05, 3.63) is 77.1 Å². The van der Waals surface area contributed by atoms with E-state index in [-0.39, 0.29) is 65.6 Å². The average Bonchev–Trinajstić information content (AvgIpc) is 3.47. The van der Waals surface area contributed by atoms with Gasteiger partial charge in [0.15, 0.2) is 11.6 Å². The molecule has 4 amide bonds. The average molecular weight is 511 g/mol. The molecule has 3 aromatic rings. The van der Waals surface area contributed by atoms with E-state index in [9.17, 15) is 28.8 Å². The van der Waals surface area contributed by atoms with Crippen LogP contribution in [0.25, 0.3) is 10.9 Å². The summed E-state index contributed by atoms with van der Waals surface area (Å²) < 4.78 is 0. The maximum Gasteiger partial charge on any atom is 0.264 e. The molecule has 10 heteroatoms. The number of imide groups is 2. The van der Waals surface area contributed by atoms with Crippen molar-refractivity contribution in [1.82, 2.24) is 15.2 Å². The zero-order valence-electron chi connectivity index (χ0n) is 20.1. The number of hydrogen-bond donors (Lipinski definition) is 3. The fourth-order valence-corrected chi connectivity index (χ4v) is 5.53. The minimum Gasteiger partial charge on any atom is -0.361 e. The molecule has 3 aliphatic rings. The lowest BCUT2D eigenvalue weighted by Crippen LogP contribution is -2.54. The number of allylic oxidation sites excluding steroid dienone is 1. The van der Waals surface area contributed by atoms with Gasteiger partial charge in [-0.3, -0.25) is 39.0 Å². The molecule has 2 aliphatic heterocycles. The highest BCUT2D eigenvalue weighted by atomic mass is 16.2. The Morgan fingerprint density at radius 1 is 0.895 bits per heavy atom. The minimum absolute atomic E-state index is 0.00102. The first kappa shape index (κ1) is 23.5. The Labute approximate surface area is 216 Å². The Hall–Kier alpha value is -4.86. The molecule has 10 nitrogen and oxygen atoms in total. The molecular weight excluding hydrogens is 488 g/mol. The van der Waals surface area contributed by atoms with Crippen molar-refractivity contribution in [2.75, 3.05) is 5.32 Å². The van der Waals surface area contributed by atoms with Crippen molar-refractivity contribution < 1.29 is 28.8 Å². The summed E-state index contributed by atoms with van der Waals surface area (Å²) in [5.74, 6) is -3.34. The molecule has 2 aromatic carbocycles. The van der Waals surface area contributed by atoms with E-state index in [4.69, 9.17) is 0 Å². The van der Waals surface area contributed by atoms with Crippen molar-refractivity contribution in [2.45, 2.75) is 37.6 Å². The van der Waals surface area contributed by atoms with Gasteiger partial charge < -0.3 is 10.3 Å². The van der Waals surface area contributed by atoms with Gasteiger partial charge in [-0.1, -0.05) is 18.2 Å². The molecule has 190 valence electrons. The maximum atomic E-state index is 13.3. The Kier molecular flexibility index (Phi) is 5.52. The number of nitrogens with zero attached hydrogens (tertiary/aromatic N) is 1. The number of anilines is 1. The molecular formula is C28H22N4O6. The van der Waals surface area contributed by atoms with Crippen molar-refractivity contribution in [3.63, 3.8) is 0 Å². The zero-order valence-corrected chi connectivity index (χ0v) is 20.1. The van der Waals surface area contributed by atoms with E-state index < -0.39 is 29.7 Å². The fraction of sp³-hybridized carbons (Fsp3) is 0.214. The second-order valence-corrected chi connectivity index (χ2v) is 9.62. The third-order valence-electron chi connectivity index (χ3n) is 7.37. The van der Waals surface area contributed by atoms with Gasteiger partial charge in [0.05, 0.1) is 22.4 Å². The number of rotatable bonds is 4.